The summed E-state index contributed by atoms with van der Waals surface area (Å²) in [6.07, 6.45) is 3.17. The zero-order valence-corrected chi connectivity index (χ0v) is 21.1. The Morgan fingerprint density at radius 3 is 2.73 bits per heavy atom. The Labute approximate surface area is 198 Å². The third-order valence-electron chi connectivity index (χ3n) is 4.57. The number of ether oxygens (including phenoxy) is 4. The van der Waals surface area contributed by atoms with Gasteiger partial charge in [-0.2, -0.15) is 0 Å². The highest BCUT2D eigenvalue weighted by atomic mass is 127. The van der Waals surface area contributed by atoms with Gasteiger partial charge in [-0.1, -0.05) is 0 Å². The van der Waals surface area contributed by atoms with Gasteiger partial charge in [-0.05, 0) is 45.7 Å². The molecule has 0 radical (unpaired) electrons. The summed E-state index contributed by atoms with van der Waals surface area (Å²) in [5.74, 6) is 2.67. The highest BCUT2D eigenvalue weighted by molar-refractivity contribution is 14.0. The van der Waals surface area contributed by atoms with Gasteiger partial charge in [0.25, 0.3) is 0 Å². The smallest absolute Gasteiger partial charge is 0.191 e. The van der Waals surface area contributed by atoms with E-state index in [1.807, 2.05) is 6.92 Å². The molecule has 2 rings (SSSR count). The minimum absolute atomic E-state index is 0. The largest absolute Gasteiger partial charge is 0.494 e. The van der Waals surface area contributed by atoms with Crippen molar-refractivity contribution in [1.82, 2.24) is 10.6 Å². The van der Waals surface area contributed by atoms with E-state index >= 15 is 0 Å². The zero-order chi connectivity index (χ0) is 20.9. The zero-order valence-electron chi connectivity index (χ0n) is 18.8. The molecule has 7 nitrogen and oxygen atoms in total. The molecule has 1 unspecified atom stereocenters. The quantitative estimate of drug-likeness (QED) is 0.174. The molecule has 8 heteroatoms. The molecule has 0 aliphatic carbocycles. The molecule has 0 spiro atoms. The van der Waals surface area contributed by atoms with Crippen molar-refractivity contribution in [1.29, 1.82) is 0 Å². The molecule has 172 valence electrons. The minimum atomic E-state index is 0. The number of fused-ring (bicyclic) bond motifs is 1. The third-order valence-corrected chi connectivity index (χ3v) is 4.57. The Bertz CT molecular complexity index is 643. The fourth-order valence-corrected chi connectivity index (χ4v) is 3.18. The van der Waals surface area contributed by atoms with Crippen LogP contribution in [-0.4, -0.2) is 58.7 Å². The fraction of sp³-hybridized carbons (Fsp3) is 0.682. The number of unbranched alkanes of at least 4 members (excludes halogenated alkanes) is 1. The fourth-order valence-electron chi connectivity index (χ4n) is 3.18. The second-order valence-corrected chi connectivity index (χ2v) is 7.07. The lowest BCUT2D eigenvalue weighted by Crippen LogP contribution is -2.37. The van der Waals surface area contributed by atoms with Crippen molar-refractivity contribution in [3.63, 3.8) is 0 Å². The van der Waals surface area contributed by atoms with E-state index in [1.54, 1.807) is 7.11 Å². The normalized spacial score (nSPS) is 15.2. The summed E-state index contributed by atoms with van der Waals surface area (Å²) in [4.78, 5) is 4.74. The van der Waals surface area contributed by atoms with E-state index in [0.717, 1.165) is 62.0 Å². The lowest BCUT2D eigenvalue weighted by molar-refractivity contribution is 0.0689. The average Bonchev–Trinajstić information content (AvgIpc) is 3.07. The van der Waals surface area contributed by atoms with E-state index in [4.69, 9.17) is 23.9 Å². The third kappa shape index (κ3) is 9.26. The number of nitrogens with one attached hydrogen (secondary N) is 2. The highest BCUT2D eigenvalue weighted by Crippen LogP contribution is 2.35. The summed E-state index contributed by atoms with van der Waals surface area (Å²) >= 11 is 0. The van der Waals surface area contributed by atoms with Gasteiger partial charge in [-0.25, -0.2) is 4.99 Å². The minimum Gasteiger partial charge on any atom is -0.494 e. The Morgan fingerprint density at radius 2 is 2.00 bits per heavy atom. The van der Waals surface area contributed by atoms with Gasteiger partial charge >= 0.3 is 0 Å². The summed E-state index contributed by atoms with van der Waals surface area (Å²) in [6.45, 7) is 11.1. The topological polar surface area (TPSA) is 73.3 Å². The van der Waals surface area contributed by atoms with Crippen molar-refractivity contribution >= 4 is 29.9 Å². The molecule has 1 aliphatic rings. The molecule has 30 heavy (non-hydrogen) atoms. The van der Waals surface area contributed by atoms with Gasteiger partial charge in [0.1, 0.15) is 17.6 Å². The molecule has 2 N–H and O–H groups in total. The molecule has 1 aromatic carbocycles. The Balaban J connectivity index is 0.00000450. The number of hydrogen-bond acceptors (Lipinski definition) is 5. The van der Waals surface area contributed by atoms with Crippen molar-refractivity contribution in [3.8, 4) is 11.5 Å². The van der Waals surface area contributed by atoms with E-state index in [1.165, 1.54) is 5.56 Å². The summed E-state index contributed by atoms with van der Waals surface area (Å²) in [5, 5.41) is 6.69. The number of methoxy groups -OCH3 is 1. The first-order valence-corrected chi connectivity index (χ1v) is 10.7. The van der Waals surface area contributed by atoms with E-state index in [2.05, 4.69) is 36.6 Å². The van der Waals surface area contributed by atoms with E-state index in [0.29, 0.717) is 26.4 Å². The van der Waals surface area contributed by atoms with Gasteiger partial charge in [0, 0.05) is 44.4 Å². The molecule has 1 aromatic rings. The Hall–Kier alpha value is -1.26. The molecule has 1 atom stereocenters. The summed E-state index contributed by atoms with van der Waals surface area (Å²) in [7, 11) is 1.68. The van der Waals surface area contributed by atoms with Gasteiger partial charge < -0.3 is 29.6 Å². The van der Waals surface area contributed by atoms with Crippen LogP contribution in [0.25, 0.3) is 0 Å². The van der Waals surface area contributed by atoms with Gasteiger partial charge in [-0.3, -0.25) is 0 Å². The lowest BCUT2D eigenvalue weighted by Gasteiger charge is -2.14. The number of halogens is 1. The lowest BCUT2D eigenvalue weighted by atomic mass is 10.1. The summed E-state index contributed by atoms with van der Waals surface area (Å²) in [6, 6.07) is 4.19. The first-order valence-electron chi connectivity index (χ1n) is 10.7. The Morgan fingerprint density at radius 1 is 1.17 bits per heavy atom. The Kier molecular flexibility index (Phi) is 13.9. The molecule has 0 bridgehead atoms. The molecular weight excluding hydrogens is 497 g/mol. The van der Waals surface area contributed by atoms with E-state index < -0.39 is 0 Å². The van der Waals surface area contributed by atoms with E-state index in [9.17, 15) is 0 Å². The van der Waals surface area contributed by atoms with Crippen LogP contribution in [0.1, 0.15) is 44.7 Å². The summed E-state index contributed by atoms with van der Waals surface area (Å²) < 4.78 is 22.2. The van der Waals surface area contributed by atoms with Crippen molar-refractivity contribution in [2.75, 3.05) is 46.6 Å². The highest BCUT2D eigenvalue weighted by Gasteiger charge is 2.21. The van der Waals surface area contributed by atoms with Crippen molar-refractivity contribution in [3.05, 3.63) is 23.3 Å². The van der Waals surface area contributed by atoms with Gasteiger partial charge in [0.05, 0.1) is 26.4 Å². The molecule has 1 heterocycles. The number of hydrogen-bond donors (Lipinski definition) is 2. The first-order chi connectivity index (χ1) is 14.2. The summed E-state index contributed by atoms with van der Waals surface area (Å²) in [5.41, 5.74) is 2.26. The second kappa shape index (κ2) is 15.5. The van der Waals surface area contributed by atoms with E-state index in [-0.39, 0.29) is 30.1 Å². The van der Waals surface area contributed by atoms with Crippen molar-refractivity contribution in [2.45, 2.75) is 52.7 Å². The molecule has 1 aliphatic heterocycles. The monoisotopic (exact) mass is 535 g/mol. The van der Waals surface area contributed by atoms with Crippen LogP contribution in [0.15, 0.2) is 17.1 Å². The van der Waals surface area contributed by atoms with Crippen LogP contribution in [-0.2, 0) is 22.4 Å². The second-order valence-electron chi connectivity index (χ2n) is 7.07. The van der Waals surface area contributed by atoms with Gasteiger partial charge in [0.15, 0.2) is 5.96 Å². The molecule has 0 fully saturated rings. The number of nitrogens with zero attached hydrogens (tertiary/aromatic N) is 1. The predicted octanol–water partition coefficient (Wildman–Crippen LogP) is 3.53. The number of aliphatic imine (C=N–C) groups is 1. The van der Waals surface area contributed by atoms with Crippen LogP contribution < -0.4 is 20.1 Å². The van der Waals surface area contributed by atoms with Crippen molar-refractivity contribution in [2.24, 2.45) is 4.99 Å². The van der Waals surface area contributed by atoms with Crippen LogP contribution in [0.4, 0.5) is 0 Å². The number of guanidine groups is 1. The van der Waals surface area contributed by atoms with Crippen molar-refractivity contribution < 1.29 is 18.9 Å². The first kappa shape index (κ1) is 26.8. The van der Waals surface area contributed by atoms with Gasteiger partial charge in [0.2, 0.25) is 0 Å². The van der Waals surface area contributed by atoms with Crippen LogP contribution >= 0.6 is 24.0 Å². The molecular formula is C22H38IN3O4. The maximum absolute atomic E-state index is 5.91. The maximum atomic E-state index is 5.91. The standard InChI is InChI=1S/C22H37N3O4.HI/c1-5-23-22(24-9-7-8-10-27-12-11-26-4)25-16-19-15-21-18(13-17(3)29-21)14-20(19)28-6-2;/h14-15,17H,5-13,16H2,1-4H3,(H2,23,24,25);1H. The SMILES string of the molecule is CCNC(=NCc1cc2c(cc1OCC)CC(C)O2)NCCCCOCCOC.I. The maximum Gasteiger partial charge on any atom is 0.191 e. The predicted molar refractivity (Wildman–Crippen MR) is 132 cm³/mol. The molecule has 0 amide bonds. The average molecular weight is 535 g/mol. The molecule has 0 saturated heterocycles. The molecule has 0 aromatic heterocycles. The number of benzene rings is 1. The van der Waals surface area contributed by atoms with Crippen LogP contribution in [0.2, 0.25) is 0 Å². The van der Waals surface area contributed by atoms with Crippen LogP contribution in [0.3, 0.4) is 0 Å². The van der Waals surface area contributed by atoms with Crippen LogP contribution in [0.5, 0.6) is 11.5 Å². The van der Waals surface area contributed by atoms with Gasteiger partial charge in [-0.15, -0.1) is 24.0 Å². The van der Waals surface area contributed by atoms with Crippen LogP contribution in [0, 0.1) is 0 Å². The number of rotatable bonds is 13. The molecule has 0 saturated carbocycles.